The molecule has 0 spiro atoms. The van der Waals surface area contributed by atoms with E-state index in [1.54, 1.807) is 6.20 Å². The fourth-order valence-corrected chi connectivity index (χ4v) is 2.46. The van der Waals surface area contributed by atoms with E-state index in [2.05, 4.69) is 4.37 Å². The molecule has 1 aliphatic heterocycles. The second kappa shape index (κ2) is 4.61. The third-order valence-corrected chi connectivity index (χ3v) is 3.49. The van der Waals surface area contributed by atoms with Crippen LogP contribution >= 0.6 is 11.5 Å². The smallest absolute Gasteiger partial charge is 0.267 e. The zero-order valence-electron chi connectivity index (χ0n) is 8.61. The molecule has 82 valence electrons. The fourth-order valence-electron chi connectivity index (χ4n) is 1.83. The number of carbonyl (C=O) groups excluding carboxylic acids is 1. The second-order valence-corrected chi connectivity index (χ2v) is 4.62. The number of hydrogen-bond acceptors (Lipinski definition) is 4. The predicted octanol–water partition coefficient (Wildman–Crippen LogP) is 1.74. The predicted molar refractivity (Wildman–Crippen MR) is 60.9 cm³/mol. The van der Waals surface area contributed by atoms with Gasteiger partial charge in [0.2, 0.25) is 0 Å². The van der Waals surface area contributed by atoms with E-state index in [1.807, 2.05) is 4.90 Å². The van der Waals surface area contributed by atoms with E-state index in [0.29, 0.717) is 10.6 Å². The van der Waals surface area contributed by atoms with E-state index in [9.17, 15) is 4.79 Å². The van der Waals surface area contributed by atoms with E-state index >= 15 is 0 Å². The van der Waals surface area contributed by atoms with Gasteiger partial charge in [0.05, 0.1) is 11.9 Å². The van der Waals surface area contributed by atoms with Gasteiger partial charge in [-0.15, -0.1) is 0 Å². The van der Waals surface area contributed by atoms with Gasteiger partial charge >= 0.3 is 0 Å². The first-order chi connectivity index (χ1) is 7.29. The molecule has 0 aromatic carbocycles. The fraction of sp³-hybridized carbons (Fsp3) is 0.600. The van der Waals surface area contributed by atoms with Crippen LogP contribution in [-0.4, -0.2) is 28.3 Å². The molecular weight excluding hydrogens is 210 g/mol. The Morgan fingerprint density at radius 2 is 2.00 bits per heavy atom. The number of nitrogens with zero attached hydrogens (tertiary/aromatic N) is 2. The average Bonchev–Trinajstić information content (AvgIpc) is 2.53. The number of nitrogen functional groups attached to an aromatic ring is 1. The molecule has 4 nitrogen and oxygen atoms in total. The number of aromatic nitrogens is 1. The molecule has 2 heterocycles. The van der Waals surface area contributed by atoms with Crippen molar-refractivity contribution in [2.24, 2.45) is 0 Å². The Kier molecular flexibility index (Phi) is 3.20. The number of carbonyl (C=O) groups is 1. The first kappa shape index (κ1) is 10.4. The van der Waals surface area contributed by atoms with E-state index in [0.717, 1.165) is 25.9 Å². The van der Waals surface area contributed by atoms with Crippen molar-refractivity contribution in [1.82, 2.24) is 9.27 Å². The standard InChI is InChI=1S/C10H15N3OS/c11-8-7-12-15-9(8)10(14)13-5-3-1-2-4-6-13/h7H,1-6,11H2. The first-order valence-electron chi connectivity index (χ1n) is 5.28. The molecule has 1 fully saturated rings. The number of anilines is 1. The quantitative estimate of drug-likeness (QED) is 0.792. The maximum atomic E-state index is 12.1. The zero-order chi connectivity index (χ0) is 10.7. The van der Waals surface area contributed by atoms with Crippen LogP contribution in [-0.2, 0) is 0 Å². The molecule has 1 aromatic rings. The van der Waals surface area contributed by atoms with E-state index in [-0.39, 0.29) is 5.91 Å². The van der Waals surface area contributed by atoms with Crippen LogP contribution in [0.3, 0.4) is 0 Å². The summed E-state index contributed by atoms with van der Waals surface area (Å²) in [6.45, 7) is 1.71. The summed E-state index contributed by atoms with van der Waals surface area (Å²) in [5, 5.41) is 0. The van der Waals surface area contributed by atoms with Crippen LogP contribution in [0.5, 0.6) is 0 Å². The Hall–Kier alpha value is -1.10. The van der Waals surface area contributed by atoms with Crippen molar-refractivity contribution in [2.45, 2.75) is 25.7 Å². The minimum absolute atomic E-state index is 0.0527. The molecular formula is C10H15N3OS. The summed E-state index contributed by atoms with van der Waals surface area (Å²) >= 11 is 1.19. The molecule has 2 rings (SSSR count). The number of nitrogens with two attached hydrogens (primary N) is 1. The van der Waals surface area contributed by atoms with Crippen LogP contribution in [0.15, 0.2) is 6.20 Å². The Morgan fingerprint density at radius 1 is 1.33 bits per heavy atom. The van der Waals surface area contributed by atoms with Crippen LogP contribution in [0.4, 0.5) is 5.69 Å². The van der Waals surface area contributed by atoms with Crippen molar-refractivity contribution in [1.29, 1.82) is 0 Å². The highest BCUT2D eigenvalue weighted by atomic mass is 32.1. The summed E-state index contributed by atoms with van der Waals surface area (Å²) in [7, 11) is 0. The molecule has 0 bridgehead atoms. The Bertz CT molecular complexity index is 342. The monoisotopic (exact) mass is 225 g/mol. The van der Waals surface area contributed by atoms with Gasteiger partial charge in [-0.3, -0.25) is 4.79 Å². The van der Waals surface area contributed by atoms with Crippen LogP contribution < -0.4 is 5.73 Å². The number of hydrogen-bond donors (Lipinski definition) is 1. The minimum atomic E-state index is 0.0527. The summed E-state index contributed by atoms with van der Waals surface area (Å²) < 4.78 is 3.93. The van der Waals surface area contributed by atoms with Crippen molar-refractivity contribution in [3.8, 4) is 0 Å². The highest BCUT2D eigenvalue weighted by Gasteiger charge is 2.20. The molecule has 1 saturated heterocycles. The Morgan fingerprint density at radius 3 is 2.53 bits per heavy atom. The Balaban J connectivity index is 2.09. The molecule has 1 aromatic heterocycles. The lowest BCUT2D eigenvalue weighted by Gasteiger charge is -2.19. The van der Waals surface area contributed by atoms with Crippen molar-refractivity contribution in [2.75, 3.05) is 18.8 Å². The molecule has 0 aliphatic carbocycles. The van der Waals surface area contributed by atoms with Crippen LogP contribution in [0, 0.1) is 0 Å². The van der Waals surface area contributed by atoms with Gasteiger partial charge in [-0.2, -0.15) is 4.37 Å². The molecule has 5 heteroatoms. The van der Waals surface area contributed by atoms with Crippen molar-refractivity contribution < 1.29 is 4.79 Å². The first-order valence-corrected chi connectivity index (χ1v) is 6.06. The van der Waals surface area contributed by atoms with Gasteiger partial charge in [-0.1, -0.05) is 12.8 Å². The van der Waals surface area contributed by atoms with E-state index in [1.165, 1.54) is 24.4 Å². The Labute approximate surface area is 93.2 Å². The molecule has 0 atom stereocenters. The van der Waals surface area contributed by atoms with Crippen molar-refractivity contribution in [3.05, 3.63) is 11.1 Å². The summed E-state index contributed by atoms with van der Waals surface area (Å²) in [5.41, 5.74) is 6.20. The van der Waals surface area contributed by atoms with Gasteiger partial charge in [0, 0.05) is 13.1 Å². The molecule has 15 heavy (non-hydrogen) atoms. The third kappa shape index (κ3) is 2.28. The zero-order valence-corrected chi connectivity index (χ0v) is 9.42. The number of rotatable bonds is 1. The SMILES string of the molecule is Nc1cnsc1C(=O)N1CCCCCC1. The van der Waals surface area contributed by atoms with E-state index in [4.69, 9.17) is 5.73 Å². The average molecular weight is 225 g/mol. The van der Waals surface area contributed by atoms with E-state index < -0.39 is 0 Å². The van der Waals surface area contributed by atoms with Crippen LogP contribution in [0.25, 0.3) is 0 Å². The molecule has 2 N–H and O–H groups in total. The van der Waals surface area contributed by atoms with Gasteiger partial charge in [-0.05, 0) is 24.4 Å². The van der Waals surface area contributed by atoms with Gasteiger partial charge in [0.25, 0.3) is 5.91 Å². The van der Waals surface area contributed by atoms with Gasteiger partial charge in [0.1, 0.15) is 4.88 Å². The summed E-state index contributed by atoms with van der Waals surface area (Å²) in [6.07, 6.45) is 6.20. The normalized spacial score (nSPS) is 17.5. The van der Waals surface area contributed by atoms with Crippen molar-refractivity contribution >= 4 is 23.1 Å². The lowest BCUT2D eigenvalue weighted by atomic mass is 10.2. The van der Waals surface area contributed by atoms with Gasteiger partial charge in [-0.25, -0.2) is 0 Å². The molecule has 0 saturated carbocycles. The molecule has 0 radical (unpaired) electrons. The van der Waals surface area contributed by atoms with Crippen molar-refractivity contribution in [3.63, 3.8) is 0 Å². The van der Waals surface area contributed by atoms with Gasteiger partial charge < -0.3 is 10.6 Å². The molecule has 1 aliphatic rings. The van der Waals surface area contributed by atoms with Crippen LogP contribution in [0.1, 0.15) is 35.4 Å². The summed E-state index contributed by atoms with van der Waals surface area (Å²) in [6, 6.07) is 0. The minimum Gasteiger partial charge on any atom is -0.396 e. The maximum Gasteiger partial charge on any atom is 0.267 e. The lowest BCUT2D eigenvalue weighted by Crippen LogP contribution is -2.31. The molecule has 0 unspecified atom stereocenters. The summed E-state index contributed by atoms with van der Waals surface area (Å²) in [5.74, 6) is 0.0527. The lowest BCUT2D eigenvalue weighted by molar-refractivity contribution is 0.0767. The van der Waals surface area contributed by atoms with Crippen LogP contribution in [0.2, 0.25) is 0 Å². The second-order valence-electron chi connectivity index (χ2n) is 3.82. The topological polar surface area (TPSA) is 59.2 Å². The van der Waals surface area contributed by atoms with Gasteiger partial charge in [0.15, 0.2) is 0 Å². The maximum absolute atomic E-state index is 12.1. The largest absolute Gasteiger partial charge is 0.396 e. The third-order valence-electron chi connectivity index (χ3n) is 2.69. The number of likely N-dealkylation sites (tertiary alicyclic amines) is 1. The number of amides is 1. The highest BCUT2D eigenvalue weighted by Crippen LogP contribution is 2.20. The molecule has 1 amide bonds. The highest BCUT2D eigenvalue weighted by molar-refractivity contribution is 7.08. The summed E-state index contributed by atoms with van der Waals surface area (Å²) in [4.78, 5) is 14.5.